The SMILES string of the molecule is Cc1nn(C)cc1[C@H](C)NC(=O)N[C@H]1C[C@H]1c1cccc(Cl)c1. The lowest BCUT2D eigenvalue weighted by atomic mass is 10.1. The van der Waals surface area contributed by atoms with E-state index in [2.05, 4.69) is 21.8 Å². The van der Waals surface area contributed by atoms with Gasteiger partial charge < -0.3 is 10.6 Å². The van der Waals surface area contributed by atoms with E-state index in [4.69, 9.17) is 11.6 Å². The van der Waals surface area contributed by atoms with Gasteiger partial charge in [0, 0.05) is 35.8 Å². The highest BCUT2D eigenvalue weighted by molar-refractivity contribution is 6.30. The Kier molecular flexibility index (Phi) is 4.31. The van der Waals surface area contributed by atoms with Crippen LogP contribution in [0.5, 0.6) is 0 Å². The van der Waals surface area contributed by atoms with E-state index in [0.717, 1.165) is 22.7 Å². The summed E-state index contributed by atoms with van der Waals surface area (Å²) in [5.74, 6) is 0.356. The molecule has 1 heterocycles. The fraction of sp³-hybridized carbons (Fsp3) is 0.412. The number of hydrogen-bond acceptors (Lipinski definition) is 2. The Morgan fingerprint density at radius 2 is 2.26 bits per heavy atom. The lowest BCUT2D eigenvalue weighted by Gasteiger charge is -2.14. The van der Waals surface area contributed by atoms with Crippen molar-refractivity contribution in [3.05, 3.63) is 52.3 Å². The summed E-state index contributed by atoms with van der Waals surface area (Å²) in [6, 6.07) is 7.78. The van der Waals surface area contributed by atoms with E-state index in [-0.39, 0.29) is 18.1 Å². The van der Waals surface area contributed by atoms with E-state index in [1.165, 1.54) is 5.56 Å². The molecule has 6 heteroatoms. The van der Waals surface area contributed by atoms with Gasteiger partial charge in [-0.15, -0.1) is 0 Å². The molecule has 1 aromatic heterocycles. The minimum atomic E-state index is -0.143. The van der Waals surface area contributed by atoms with E-state index in [1.54, 1.807) is 4.68 Å². The van der Waals surface area contributed by atoms with Crippen molar-refractivity contribution >= 4 is 17.6 Å². The Bertz CT molecular complexity index is 727. The summed E-state index contributed by atoms with van der Waals surface area (Å²) in [6.45, 7) is 3.91. The molecule has 5 nitrogen and oxygen atoms in total. The van der Waals surface area contributed by atoms with Gasteiger partial charge in [-0.3, -0.25) is 4.68 Å². The molecule has 2 amide bonds. The average Bonchev–Trinajstić information content (AvgIpc) is 3.14. The number of urea groups is 1. The summed E-state index contributed by atoms with van der Waals surface area (Å²) >= 11 is 6.02. The molecule has 0 radical (unpaired) electrons. The maximum atomic E-state index is 12.2. The Hall–Kier alpha value is -2.01. The first-order chi connectivity index (χ1) is 10.9. The Balaban J connectivity index is 1.54. The summed E-state index contributed by atoms with van der Waals surface area (Å²) in [5, 5.41) is 11.0. The van der Waals surface area contributed by atoms with Crippen LogP contribution in [0.4, 0.5) is 4.79 Å². The standard InChI is InChI=1S/C17H21ClN4O/c1-10(15-9-22(3)21-11(15)2)19-17(23)20-16-8-14(16)12-5-4-6-13(18)7-12/h4-7,9-10,14,16H,8H2,1-3H3,(H2,19,20,23)/t10-,14-,16-/m0/s1. The van der Waals surface area contributed by atoms with Crippen LogP contribution in [0.15, 0.2) is 30.5 Å². The van der Waals surface area contributed by atoms with Crippen LogP contribution in [-0.4, -0.2) is 21.9 Å². The molecule has 3 atom stereocenters. The number of halogens is 1. The van der Waals surface area contributed by atoms with E-state index < -0.39 is 0 Å². The second-order valence-corrected chi connectivity index (χ2v) is 6.62. The van der Waals surface area contributed by atoms with E-state index >= 15 is 0 Å². The van der Waals surface area contributed by atoms with Crippen molar-refractivity contribution in [1.29, 1.82) is 0 Å². The minimum Gasteiger partial charge on any atom is -0.335 e. The second-order valence-electron chi connectivity index (χ2n) is 6.19. The Labute approximate surface area is 141 Å². The number of aromatic nitrogens is 2. The molecule has 0 spiro atoms. The third kappa shape index (κ3) is 3.67. The fourth-order valence-corrected chi connectivity index (χ4v) is 3.19. The van der Waals surface area contributed by atoms with Gasteiger partial charge in [-0.25, -0.2) is 4.79 Å². The molecule has 23 heavy (non-hydrogen) atoms. The number of benzene rings is 1. The predicted molar refractivity (Wildman–Crippen MR) is 90.6 cm³/mol. The second kappa shape index (κ2) is 6.24. The van der Waals surface area contributed by atoms with Crippen LogP contribution in [0, 0.1) is 6.92 Å². The Morgan fingerprint density at radius 1 is 1.48 bits per heavy atom. The zero-order chi connectivity index (χ0) is 16.6. The van der Waals surface area contributed by atoms with Crippen molar-refractivity contribution in [3.63, 3.8) is 0 Å². The molecule has 122 valence electrons. The third-order valence-electron chi connectivity index (χ3n) is 4.25. The number of aryl methyl sites for hydroxylation is 2. The molecule has 1 aliphatic carbocycles. The summed E-state index contributed by atoms with van der Waals surface area (Å²) in [4.78, 5) is 12.2. The van der Waals surface area contributed by atoms with Crippen LogP contribution in [0.2, 0.25) is 5.02 Å². The van der Waals surface area contributed by atoms with Crippen LogP contribution in [-0.2, 0) is 7.05 Å². The van der Waals surface area contributed by atoms with Gasteiger partial charge in [0.15, 0.2) is 0 Å². The normalized spacial score (nSPS) is 20.9. The zero-order valence-corrected chi connectivity index (χ0v) is 14.3. The minimum absolute atomic E-state index is 0.0768. The summed E-state index contributed by atoms with van der Waals surface area (Å²) < 4.78 is 1.76. The van der Waals surface area contributed by atoms with Crippen molar-refractivity contribution < 1.29 is 4.79 Å². The molecular formula is C17H21ClN4O. The topological polar surface area (TPSA) is 59.0 Å². The first-order valence-corrected chi connectivity index (χ1v) is 8.14. The van der Waals surface area contributed by atoms with Crippen molar-refractivity contribution in [1.82, 2.24) is 20.4 Å². The molecule has 1 aromatic carbocycles. The van der Waals surface area contributed by atoms with Gasteiger partial charge in [0.1, 0.15) is 0 Å². The van der Waals surface area contributed by atoms with Gasteiger partial charge >= 0.3 is 6.03 Å². The molecule has 1 aliphatic rings. The molecule has 0 saturated heterocycles. The molecule has 0 bridgehead atoms. The maximum absolute atomic E-state index is 12.2. The van der Waals surface area contributed by atoms with E-state index in [0.29, 0.717) is 5.92 Å². The molecule has 1 saturated carbocycles. The van der Waals surface area contributed by atoms with Crippen molar-refractivity contribution in [2.75, 3.05) is 0 Å². The van der Waals surface area contributed by atoms with Crippen molar-refractivity contribution in [2.45, 2.75) is 38.3 Å². The Morgan fingerprint density at radius 3 is 2.91 bits per heavy atom. The van der Waals surface area contributed by atoms with Crippen LogP contribution in [0.1, 0.15) is 42.1 Å². The van der Waals surface area contributed by atoms with Gasteiger partial charge in [-0.1, -0.05) is 23.7 Å². The van der Waals surface area contributed by atoms with Crippen LogP contribution >= 0.6 is 11.6 Å². The number of nitrogens with one attached hydrogen (secondary N) is 2. The number of carbonyl (C=O) groups excluding carboxylic acids is 1. The highest BCUT2D eigenvalue weighted by Gasteiger charge is 2.39. The highest BCUT2D eigenvalue weighted by atomic mass is 35.5. The lowest BCUT2D eigenvalue weighted by Crippen LogP contribution is -2.38. The first-order valence-electron chi connectivity index (χ1n) is 7.76. The largest absolute Gasteiger partial charge is 0.335 e. The van der Waals surface area contributed by atoms with Crippen molar-refractivity contribution in [3.8, 4) is 0 Å². The molecule has 2 aromatic rings. The van der Waals surface area contributed by atoms with E-state index in [1.807, 2.05) is 45.3 Å². The van der Waals surface area contributed by atoms with Gasteiger partial charge in [-0.2, -0.15) is 5.10 Å². The van der Waals surface area contributed by atoms with Gasteiger partial charge in [0.05, 0.1) is 11.7 Å². The summed E-state index contributed by atoms with van der Waals surface area (Å²) in [5.41, 5.74) is 3.15. The molecule has 1 fully saturated rings. The quantitative estimate of drug-likeness (QED) is 0.902. The molecule has 0 aliphatic heterocycles. The molecular weight excluding hydrogens is 312 g/mol. The number of amides is 2. The molecule has 0 unspecified atom stereocenters. The summed E-state index contributed by atoms with van der Waals surface area (Å²) in [6.07, 6.45) is 2.89. The zero-order valence-electron chi connectivity index (χ0n) is 13.5. The number of rotatable bonds is 4. The third-order valence-corrected chi connectivity index (χ3v) is 4.48. The average molecular weight is 333 g/mol. The lowest BCUT2D eigenvalue weighted by molar-refractivity contribution is 0.237. The molecule has 2 N–H and O–H groups in total. The molecule has 3 rings (SSSR count). The number of hydrogen-bond donors (Lipinski definition) is 2. The fourth-order valence-electron chi connectivity index (χ4n) is 2.99. The van der Waals surface area contributed by atoms with Crippen LogP contribution in [0.25, 0.3) is 0 Å². The van der Waals surface area contributed by atoms with Gasteiger partial charge in [0.25, 0.3) is 0 Å². The monoisotopic (exact) mass is 332 g/mol. The first kappa shape index (κ1) is 15.9. The van der Waals surface area contributed by atoms with Gasteiger partial charge in [-0.05, 0) is 38.0 Å². The maximum Gasteiger partial charge on any atom is 0.315 e. The number of nitrogens with zero attached hydrogens (tertiary/aromatic N) is 2. The van der Waals surface area contributed by atoms with Crippen LogP contribution in [0.3, 0.4) is 0 Å². The summed E-state index contributed by atoms with van der Waals surface area (Å²) in [7, 11) is 1.88. The van der Waals surface area contributed by atoms with Crippen molar-refractivity contribution in [2.24, 2.45) is 7.05 Å². The smallest absolute Gasteiger partial charge is 0.315 e. The van der Waals surface area contributed by atoms with Crippen LogP contribution < -0.4 is 10.6 Å². The predicted octanol–water partition coefficient (Wildman–Crippen LogP) is 3.30. The van der Waals surface area contributed by atoms with E-state index in [9.17, 15) is 4.79 Å². The van der Waals surface area contributed by atoms with Gasteiger partial charge in [0.2, 0.25) is 0 Å². The number of carbonyl (C=O) groups is 1. The highest BCUT2D eigenvalue weighted by Crippen LogP contribution is 2.41.